The standard InChI is InChI=1S/C13H13ClO3/c14-7-11(16)13(17)12-9-4-2-1-3-8(9)5-6-10(12)15/h1-6,11,13,15-17H,7H2. The molecule has 0 radical (unpaired) electrons. The predicted molar refractivity (Wildman–Crippen MR) is 67.3 cm³/mol. The highest BCUT2D eigenvalue weighted by Gasteiger charge is 2.22. The van der Waals surface area contributed by atoms with Gasteiger partial charge in [0.05, 0.1) is 12.0 Å². The van der Waals surface area contributed by atoms with Crippen molar-refractivity contribution in [3.05, 3.63) is 42.0 Å². The van der Waals surface area contributed by atoms with Crippen LogP contribution in [0, 0.1) is 0 Å². The third-order valence-electron chi connectivity index (χ3n) is 2.77. The largest absolute Gasteiger partial charge is 0.508 e. The highest BCUT2D eigenvalue weighted by Crippen LogP contribution is 2.33. The third kappa shape index (κ3) is 2.22. The van der Waals surface area contributed by atoms with E-state index >= 15 is 0 Å². The minimum atomic E-state index is -1.20. The zero-order valence-corrected chi connectivity index (χ0v) is 9.80. The molecule has 4 heteroatoms. The van der Waals surface area contributed by atoms with Crippen molar-refractivity contribution in [2.45, 2.75) is 12.2 Å². The first-order valence-corrected chi connectivity index (χ1v) is 5.81. The average molecular weight is 253 g/mol. The van der Waals surface area contributed by atoms with Crippen LogP contribution in [0.2, 0.25) is 0 Å². The molecule has 0 aliphatic heterocycles. The average Bonchev–Trinajstić information content (AvgIpc) is 2.37. The number of fused-ring (bicyclic) bond motifs is 1. The van der Waals surface area contributed by atoms with Crippen LogP contribution in [0.3, 0.4) is 0 Å². The minimum absolute atomic E-state index is 0.0413. The van der Waals surface area contributed by atoms with E-state index in [1.54, 1.807) is 12.1 Å². The van der Waals surface area contributed by atoms with E-state index in [-0.39, 0.29) is 11.6 Å². The molecular formula is C13H13ClO3. The van der Waals surface area contributed by atoms with Gasteiger partial charge < -0.3 is 15.3 Å². The van der Waals surface area contributed by atoms with Crippen LogP contribution in [0.1, 0.15) is 11.7 Å². The molecule has 0 saturated carbocycles. The second-order valence-electron chi connectivity index (χ2n) is 3.89. The SMILES string of the molecule is Oc1ccc2ccccc2c1C(O)C(O)CCl. The fraction of sp³-hybridized carbons (Fsp3) is 0.231. The van der Waals surface area contributed by atoms with Gasteiger partial charge in [0.2, 0.25) is 0 Å². The third-order valence-corrected chi connectivity index (χ3v) is 3.08. The zero-order chi connectivity index (χ0) is 12.4. The number of alkyl halides is 1. The van der Waals surface area contributed by atoms with Crippen molar-refractivity contribution < 1.29 is 15.3 Å². The van der Waals surface area contributed by atoms with Crippen molar-refractivity contribution in [3.8, 4) is 5.75 Å². The summed E-state index contributed by atoms with van der Waals surface area (Å²) in [6, 6.07) is 10.6. The number of halogens is 1. The summed E-state index contributed by atoms with van der Waals surface area (Å²) in [5.41, 5.74) is 0.316. The Balaban J connectivity index is 2.62. The molecule has 90 valence electrons. The first kappa shape index (κ1) is 12.2. The number of phenols is 1. The molecule has 0 heterocycles. The van der Waals surface area contributed by atoms with Crippen molar-refractivity contribution >= 4 is 22.4 Å². The van der Waals surface area contributed by atoms with E-state index in [0.29, 0.717) is 10.9 Å². The highest BCUT2D eigenvalue weighted by atomic mass is 35.5. The normalized spacial score (nSPS) is 14.8. The summed E-state index contributed by atoms with van der Waals surface area (Å²) in [5, 5.41) is 31.0. The number of rotatable bonds is 3. The van der Waals surface area contributed by atoms with E-state index in [2.05, 4.69) is 0 Å². The Hall–Kier alpha value is -1.29. The van der Waals surface area contributed by atoms with Crippen molar-refractivity contribution in [1.82, 2.24) is 0 Å². The Morgan fingerprint density at radius 1 is 1.06 bits per heavy atom. The van der Waals surface area contributed by atoms with Crippen LogP contribution in [0.25, 0.3) is 10.8 Å². The van der Waals surface area contributed by atoms with Gasteiger partial charge in [-0.2, -0.15) is 0 Å². The molecule has 0 saturated heterocycles. The van der Waals surface area contributed by atoms with Crippen LogP contribution in [-0.4, -0.2) is 27.3 Å². The molecule has 0 amide bonds. The van der Waals surface area contributed by atoms with E-state index in [0.717, 1.165) is 5.39 Å². The van der Waals surface area contributed by atoms with E-state index in [4.69, 9.17) is 11.6 Å². The summed E-state index contributed by atoms with van der Waals surface area (Å²) in [5.74, 6) is -0.135. The lowest BCUT2D eigenvalue weighted by atomic mass is 9.97. The highest BCUT2D eigenvalue weighted by molar-refractivity contribution is 6.18. The van der Waals surface area contributed by atoms with E-state index in [9.17, 15) is 15.3 Å². The summed E-state index contributed by atoms with van der Waals surface area (Å²) in [7, 11) is 0. The molecule has 2 aromatic carbocycles. The number of aromatic hydroxyl groups is 1. The smallest absolute Gasteiger partial charge is 0.122 e. The molecular weight excluding hydrogens is 240 g/mol. The first-order valence-electron chi connectivity index (χ1n) is 5.28. The van der Waals surface area contributed by atoms with E-state index in [1.165, 1.54) is 6.07 Å². The molecule has 17 heavy (non-hydrogen) atoms. The number of hydrogen-bond acceptors (Lipinski definition) is 3. The Labute approximate surface area is 104 Å². The lowest BCUT2D eigenvalue weighted by molar-refractivity contribution is 0.0322. The lowest BCUT2D eigenvalue weighted by Crippen LogP contribution is -2.20. The van der Waals surface area contributed by atoms with Gasteiger partial charge in [-0.1, -0.05) is 30.3 Å². The molecule has 0 aromatic heterocycles. The second-order valence-corrected chi connectivity index (χ2v) is 4.19. The maximum atomic E-state index is 9.97. The molecule has 0 spiro atoms. The topological polar surface area (TPSA) is 60.7 Å². The van der Waals surface area contributed by atoms with Crippen LogP contribution in [-0.2, 0) is 0 Å². The molecule has 3 nitrogen and oxygen atoms in total. The van der Waals surface area contributed by atoms with Crippen LogP contribution < -0.4 is 0 Å². The predicted octanol–water partition coefficient (Wildman–Crippen LogP) is 2.18. The van der Waals surface area contributed by atoms with Gasteiger partial charge >= 0.3 is 0 Å². The van der Waals surface area contributed by atoms with Gasteiger partial charge in [0, 0.05) is 5.56 Å². The zero-order valence-electron chi connectivity index (χ0n) is 9.05. The van der Waals surface area contributed by atoms with Crippen LogP contribution >= 0.6 is 11.6 Å². The minimum Gasteiger partial charge on any atom is -0.508 e. The lowest BCUT2D eigenvalue weighted by Gasteiger charge is -2.19. The second kappa shape index (κ2) is 4.92. The van der Waals surface area contributed by atoms with Crippen LogP contribution in [0.5, 0.6) is 5.75 Å². The maximum absolute atomic E-state index is 9.97. The molecule has 0 aliphatic rings. The maximum Gasteiger partial charge on any atom is 0.122 e. The summed E-state index contributed by atoms with van der Waals surface area (Å²) in [4.78, 5) is 0. The van der Waals surface area contributed by atoms with Gasteiger partial charge in [-0.25, -0.2) is 0 Å². The van der Waals surface area contributed by atoms with Gasteiger partial charge in [-0.05, 0) is 16.8 Å². The molecule has 0 fully saturated rings. The molecule has 2 aromatic rings. The van der Waals surface area contributed by atoms with Gasteiger partial charge in [-0.3, -0.25) is 0 Å². The molecule has 0 aliphatic carbocycles. The van der Waals surface area contributed by atoms with Crippen molar-refractivity contribution in [2.24, 2.45) is 0 Å². The summed E-state index contributed by atoms with van der Waals surface area (Å²) in [6.45, 7) is 0. The molecule has 0 bridgehead atoms. The van der Waals surface area contributed by atoms with Crippen molar-refractivity contribution in [3.63, 3.8) is 0 Å². The van der Waals surface area contributed by atoms with Crippen LogP contribution in [0.4, 0.5) is 0 Å². The van der Waals surface area contributed by atoms with Crippen molar-refractivity contribution in [1.29, 1.82) is 0 Å². The van der Waals surface area contributed by atoms with Crippen LogP contribution in [0.15, 0.2) is 36.4 Å². The molecule has 2 rings (SSSR count). The number of aliphatic hydroxyl groups is 2. The summed E-state index contributed by atoms with van der Waals surface area (Å²) < 4.78 is 0. The summed E-state index contributed by atoms with van der Waals surface area (Å²) in [6.07, 6.45) is -2.30. The first-order chi connectivity index (χ1) is 8.15. The summed E-state index contributed by atoms with van der Waals surface area (Å²) >= 11 is 5.51. The number of benzene rings is 2. The van der Waals surface area contributed by atoms with Gasteiger partial charge in [0.15, 0.2) is 0 Å². The fourth-order valence-electron chi connectivity index (χ4n) is 1.87. The van der Waals surface area contributed by atoms with Gasteiger partial charge in [0.25, 0.3) is 0 Å². The quantitative estimate of drug-likeness (QED) is 0.734. The number of hydrogen-bond donors (Lipinski definition) is 3. The van der Waals surface area contributed by atoms with E-state index < -0.39 is 12.2 Å². The Morgan fingerprint density at radius 3 is 2.47 bits per heavy atom. The monoisotopic (exact) mass is 252 g/mol. The Kier molecular flexibility index (Phi) is 3.52. The Bertz CT molecular complexity index is 527. The molecule has 3 N–H and O–H groups in total. The van der Waals surface area contributed by atoms with Crippen molar-refractivity contribution in [2.75, 3.05) is 5.88 Å². The fourth-order valence-corrected chi connectivity index (χ4v) is 2.04. The van der Waals surface area contributed by atoms with E-state index in [1.807, 2.05) is 18.2 Å². The molecule has 2 atom stereocenters. The van der Waals surface area contributed by atoms with Gasteiger partial charge in [0.1, 0.15) is 11.9 Å². The Morgan fingerprint density at radius 2 is 1.76 bits per heavy atom. The number of phenolic OH excluding ortho intramolecular Hbond substituents is 1. The number of aliphatic hydroxyl groups excluding tert-OH is 2. The molecule has 2 unspecified atom stereocenters. The van der Waals surface area contributed by atoms with Gasteiger partial charge in [-0.15, -0.1) is 11.6 Å².